The van der Waals surface area contributed by atoms with E-state index in [1.165, 1.54) is 0 Å². The predicted octanol–water partition coefficient (Wildman–Crippen LogP) is 0.516. The Morgan fingerprint density at radius 2 is 1.92 bits per heavy atom. The van der Waals surface area contributed by atoms with Crippen molar-refractivity contribution in [2.24, 2.45) is 0 Å². The third kappa shape index (κ3) is 3.96. The van der Waals surface area contributed by atoms with E-state index in [1.807, 2.05) is 24.0 Å². The highest BCUT2D eigenvalue weighted by atomic mass is 16.5. The minimum atomic E-state index is -0.0842. The van der Waals surface area contributed by atoms with E-state index in [0.29, 0.717) is 38.6 Å². The van der Waals surface area contributed by atoms with E-state index >= 15 is 0 Å². The zero-order valence-corrected chi connectivity index (χ0v) is 14.1. The number of furan rings is 1. The van der Waals surface area contributed by atoms with Crippen molar-refractivity contribution in [3.63, 3.8) is 0 Å². The molecule has 0 radical (unpaired) electrons. The first-order valence-electron chi connectivity index (χ1n) is 8.49. The van der Waals surface area contributed by atoms with Gasteiger partial charge in [0.2, 0.25) is 11.7 Å². The molecule has 0 aromatic carbocycles. The van der Waals surface area contributed by atoms with Gasteiger partial charge in [-0.05, 0) is 19.1 Å². The van der Waals surface area contributed by atoms with Gasteiger partial charge in [-0.2, -0.15) is 5.26 Å². The highest BCUT2D eigenvalue weighted by Crippen LogP contribution is 2.14. The topological polar surface area (TPSA) is 73.0 Å². The number of amides is 1. The molecule has 2 saturated heterocycles. The maximum Gasteiger partial charge on any atom is 0.239 e. The summed E-state index contributed by atoms with van der Waals surface area (Å²) in [7, 11) is 0. The van der Waals surface area contributed by atoms with Gasteiger partial charge in [0, 0.05) is 39.3 Å². The second-order valence-corrected chi connectivity index (χ2v) is 6.30. The van der Waals surface area contributed by atoms with Crippen molar-refractivity contribution in [2.45, 2.75) is 19.5 Å². The molecule has 0 N–H and O–H groups in total. The molecule has 1 aromatic heterocycles. The highest BCUT2D eigenvalue weighted by molar-refractivity contribution is 5.81. The Kier molecular flexibility index (Phi) is 5.51. The summed E-state index contributed by atoms with van der Waals surface area (Å²) < 4.78 is 10.8. The summed E-state index contributed by atoms with van der Waals surface area (Å²) in [4.78, 5) is 19.0. The van der Waals surface area contributed by atoms with Gasteiger partial charge < -0.3 is 14.1 Å². The van der Waals surface area contributed by atoms with Crippen LogP contribution in [0.15, 0.2) is 16.5 Å². The van der Waals surface area contributed by atoms with Crippen LogP contribution in [0.5, 0.6) is 0 Å². The molecule has 2 aliphatic rings. The molecule has 1 unspecified atom stereocenters. The molecule has 1 amide bonds. The number of nitrogens with zero attached hydrogens (tertiary/aromatic N) is 4. The quantitative estimate of drug-likeness (QED) is 0.800. The molecule has 0 bridgehead atoms. The second-order valence-electron chi connectivity index (χ2n) is 6.30. The van der Waals surface area contributed by atoms with Gasteiger partial charge in [0.15, 0.2) is 0 Å². The van der Waals surface area contributed by atoms with Gasteiger partial charge in [0.1, 0.15) is 11.8 Å². The van der Waals surface area contributed by atoms with Crippen molar-refractivity contribution in [3.05, 3.63) is 23.7 Å². The molecule has 3 rings (SSSR count). The smallest absolute Gasteiger partial charge is 0.239 e. The van der Waals surface area contributed by atoms with Crippen LogP contribution in [0.1, 0.15) is 18.4 Å². The van der Waals surface area contributed by atoms with Crippen LogP contribution < -0.4 is 0 Å². The summed E-state index contributed by atoms with van der Waals surface area (Å²) in [5.74, 6) is 1.38. The summed E-state index contributed by atoms with van der Waals surface area (Å²) in [6.45, 7) is 8.89. The Bertz CT molecular complexity index is 595. The van der Waals surface area contributed by atoms with E-state index in [9.17, 15) is 4.79 Å². The molecule has 2 fully saturated rings. The standard InChI is InChI=1S/C17H24N4O3/c1-14(17(22)21-8-10-23-11-9-21)20-6-4-19(5-7-20)13-16-3-2-15(12-18)24-16/h2-3,14H,4-11,13H2,1H3. The van der Waals surface area contributed by atoms with Crippen molar-refractivity contribution < 1.29 is 13.9 Å². The zero-order chi connectivity index (χ0) is 16.9. The average Bonchev–Trinajstić information content (AvgIpc) is 3.09. The summed E-state index contributed by atoms with van der Waals surface area (Å²) in [6, 6.07) is 5.48. The second kappa shape index (κ2) is 7.79. The number of rotatable bonds is 4. The van der Waals surface area contributed by atoms with Gasteiger partial charge in [-0.3, -0.25) is 14.6 Å². The lowest BCUT2D eigenvalue weighted by atomic mass is 10.2. The molecule has 130 valence electrons. The fourth-order valence-electron chi connectivity index (χ4n) is 3.26. The summed E-state index contributed by atoms with van der Waals surface area (Å²) in [6.07, 6.45) is 0. The molecule has 0 aliphatic carbocycles. The number of nitriles is 1. The van der Waals surface area contributed by atoms with Crippen LogP contribution in [-0.2, 0) is 16.1 Å². The molecular formula is C17H24N4O3. The molecule has 7 heteroatoms. The molecule has 1 aromatic rings. The van der Waals surface area contributed by atoms with E-state index < -0.39 is 0 Å². The number of carbonyl (C=O) groups excluding carboxylic acids is 1. The number of carbonyl (C=O) groups is 1. The maximum atomic E-state index is 12.6. The van der Waals surface area contributed by atoms with Crippen LogP contribution in [0.3, 0.4) is 0 Å². The van der Waals surface area contributed by atoms with E-state index in [-0.39, 0.29) is 11.9 Å². The molecule has 24 heavy (non-hydrogen) atoms. The van der Waals surface area contributed by atoms with Crippen LogP contribution in [0.4, 0.5) is 0 Å². The number of piperazine rings is 1. The third-order valence-corrected chi connectivity index (χ3v) is 4.79. The van der Waals surface area contributed by atoms with Gasteiger partial charge in [0.25, 0.3) is 0 Å². The average molecular weight is 332 g/mol. The Hall–Kier alpha value is -1.88. The van der Waals surface area contributed by atoms with E-state index in [2.05, 4.69) is 9.80 Å². The number of hydrogen-bond donors (Lipinski definition) is 0. The molecule has 0 saturated carbocycles. The maximum absolute atomic E-state index is 12.6. The minimum Gasteiger partial charge on any atom is -0.449 e. The lowest BCUT2D eigenvalue weighted by molar-refractivity contribution is -0.141. The monoisotopic (exact) mass is 332 g/mol. The summed E-state index contributed by atoms with van der Waals surface area (Å²) in [5.41, 5.74) is 0. The minimum absolute atomic E-state index is 0.0842. The van der Waals surface area contributed by atoms with Gasteiger partial charge in [-0.1, -0.05) is 0 Å². The SMILES string of the molecule is CC(C(=O)N1CCOCC1)N1CCN(Cc2ccc(C#N)o2)CC1. The largest absolute Gasteiger partial charge is 0.449 e. The molecule has 1 atom stereocenters. The van der Waals surface area contributed by atoms with Crippen molar-refractivity contribution >= 4 is 5.91 Å². The summed E-state index contributed by atoms with van der Waals surface area (Å²) in [5, 5.41) is 8.80. The molecule has 7 nitrogen and oxygen atoms in total. The van der Waals surface area contributed by atoms with Crippen LogP contribution in [-0.4, -0.2) is 79.1 Å². The van der Waals surface area contributed by atoms with Crippen LogP contribution >= 0.6 is 0 Å². The van der Waals surface area contributed by atoms with Gasteiger partial charge in [0.05, 0.1) is 25.8 Å². The fourth-order valence-corrected chi connectivity index (χ4v) is 3.26. The first-order valence-corrected chi connectivity index (χ1v) is 8.49. The van der Waals surface area contributed by atoms with Crippen molar-refractivity contribution in [1.29, 1.82) is 5.26 Å². The Balaban J connectivity index is 1.47. The lowest BCUT2D eigenvalue weighted by Gasteiger charge is -2.39. The van der Waals surface area contributed by atoms with Crippen LogP contribution in [0, 0.1) is 11.3 Å². The molecule has 2 aliphatic heterocycles. The Morgan fingerprint density at radius 3 is 2.54 bits per heavy atom. The fraction of sp³-hybridized carbons (Fsp3) is 0.647. The van der Waals surface area contributed by atoms with Crippen LogP contribution in [0.2, 0.25) is 0 Å². The predicted molar refractivity (Wildman–Crippen MR) is 87.1 cm³/mol. The van der Waals surface area contributed by atoms with E-state index in [0.717, 1.165) is 31.9 Å². The van der Waals surface area contributed by atoms with Gasteiger partial charge >= 0.3 is 0 Å². The first kappa shape index (κ1) is 17.0. The lowest BCUT2D eigenvalue weighted by Crippen LogP contribution is -2.55. The Labute approximate surface area is 142 Å². The number of hydrogen-bond acceptors (Lipinski definition) is 6. The molecular weight excluding hydrogens is 308 g/mol. The van der Waals surface area contributed by atoms with Crippen molar-refractivity contribution in [2.75, 3.05) is 52.5 Å². The van der Waals surface area contributed by atoms with Gasteiger partial charge in [-0.25, -0.2) is 0 Å². The zero-order valence-electron chi connectivity index (χ0n) is 14.1. The van der Waals surface area contributed by atoms with Gasteiger partial charge in [-0.15, -0.1) is 0 Å². The van der Waals surface area contributed by atoms with E-state index in [4.69, 9.17) is 14.4 Å². The number of ether oxygens (including phenoxy) is 1. The van der Waals surface area contributed by atoms with Crippen molar-refractivity contribution in [1.82, 2.24) is 14.7 Å². The molecule has 3 heterocycles. The normalized spacial score (nSPS) is 21.4. The first-order chi connectivity index (χ1) is 11.7. The van der Waals surface area contributed by atoms with Crippen molar-refractivity contribution in [3.8, 4) is 6.07 Å². The summed E-state index contributed by atoms with van der Waals surface area (Å²) >= 11 is 0. The van der Waals surface area contributed by atoms with Crippen LogP contribution in [0.25, 0.3) is 0 Å². The highest BCUT2D eigenvalue weighted by Gasteiger charge is 2.29. The van der Waals surface area contributed by atoms with E-state index in [1.54, 1.807) is 6.07 Å². The molecule has 0 spiro atoms. The third-order valence-electron chi connectivity index (χ3n) is 4.79. The Morgan fingerprint density at radius 1 is 1.21 bits per heavy atom. The number of morpholine rings is 1.